The number of hydrogen-bond donors (Lipinski definition) is 0. The molecule has 0 N–H and O–H groups in total. The molecule has 0 radical (unpaired) electrons. The lowest BCUT2D eigenvalue weighted by Crippen LogP contribution is -1.91. The number of nitrogens with zero attached hydrogens (tertiary/aromatic N) is 2. The molecule has 0 aliphatic carbocycles. The zero-order valence-corrected chi connectivity index (χ0v) is 10.2. The Hall–Kier alpha value is -2.48. The van der Waals surface area contributed by atoms with Gasteiger partial charge < -0.3 is 0 Å². The van der Waals surface area contributed by atoms with E-state index in [2.05, 4.69) is 9.97 Å². The van der Waals surface area contributed by atoms with Gasteiger partial charge in [0.05, 0.1) is 11.4 Å². The van der Waals surface area contributed by atoms with Gasteiger partial charge in [-0.25, -0.2) is 0 Å². The molecule has 3 aromatic rings. The molecule has 0 amide bonds. The van der Waals surface area contributed by atoms with E-state index in [1.807, 2.05) is 36.4 Å². The Morgan fingerprint density at radius 3 is 2.47 bits per heavy atom. The van der Waals surface area contributed by atoms with Gasteiger partial charge in [-0.3, -0.25) is 9.97 Å². The van der Waals surface area contributed by atoms with Crippen molar-refractivity contribution in [1.29, 1.82) is 0 Å². The van der Waals surface area contributed by atoms with Crippen molar-refractivity contribution in [2.75, 3.05) is 0 Å². The molecule has 0 bridgehead atoms. The fourth-order valence-electron chi connectivity index (χ4n) is 1.96. The molecule has 2 aromatic heterocycles. The summed E-state index contributed by atoms with van der Waals surface area (Å²) in [5, 5.41) is 0. The fraction of sp³-hybridized carbons (Fsp3) is 0.0588. The lowest BCUT2D eigenvalue weighted by Gasteiger charge is -2.07. The SMILES string of the molecule is [2H]C([2H])([2H])c1cnc(-c2ccccc2)cc1-c1ccccn1. The normalized spacial score (nSPS) is 13.4. The maximum atomic E-state index is 7.70. The first-order valence-corrected chi connectivity index (χ1v) is 6.03. The van der Waals surface area contributed by atoms with Gasteiger partial charge in [0, 0.05) is 27.6 Å². The first-order valence-electron chi connectivity index (χ1n) is 7.53. The van der Waals surface area contributed by atoms with E-state index in [0.29, 0.717) is 11.3 Å². The largest absolute Gasteiger partial charge is 0.256 e. The highest BCUT2D eigenvalue weighted by Gasteiger charge is 2.06. The molecule has 0 unspecified atom stereocenters. The van der Waals surface area contributed by atoms with Crippen LogP contribution in [0.3, 0.4) is 0 Å². The summed E-state index contributed by atoms with van der Waals surface area (Å²) in [6.07, 6.45) is 3.08. The molecule has 0 atom stereocenters. The first-order chi connectivity index (χ1) is 10.6. The second kappa shape index (κ2) is 5.02. The van der Waals surface area contributed by atoms with Gasteiger partial charge in [0.1, 0.15) is 0 Å². The monoisotopic (exact) mass is 249 g/mol. The highest BCUT2D eigenvalue weighted by Crippen LogP contribution is 2.25. The molecule has 0 aliphatic rings. The van der Waals surface area contributed by atoms with Crippen molar-refractivity contribution in [3.05, 3.63) is 72.6 Å². The summed E-state index contributed by atoms with van der Waals surface area (Å²) in [5.41, 5.74) is 3.11. The molecule has 0 fully saturated rings. The van der Waals surface area contributed by atoms with E-state index >= 15 is 0 Å². The van der Waals surface area contributed by atoms with Crippen LogP contribution in [0.25, 0.3) is 22.5 Å². The van der Waals surface area contributed by atoms with Crippen molar-refractivity contribution in [3.8, 4) is 22.5 Å². The number of benzene rings is 1. The number of pyridine rings is 2. The molecule has 0 spiro atoms. The molecule has 2 heteroatoms. The predicted octanol–water partition coefficient (Wildman–Crippen LogP) is 4.12. The van der Waals surface area contributed by atoms with Crippen molar-refractivity contribution in [2.24, 2.45) is 0 Å². The van der Waals surface area contributed by atoms with Crippen molar-refractivity contribution >= 4 is 0 Å². The summed E-state index contributed by atoms with van der Waals surface area (Å²) in [5.74, 6) is 0. The topological polar surface area (TPSA) is 25.8 Å². The van der Waals surface area contributed by atoms with Crippen LogP contribution in [-0.2, 0) is 0 Å². The third-order valence-corrected chi connectivity index (χ3v) is 2.91. The van der Waals surface area contributed by atoms with Crippen LogP contribution in [-0.4, -0.2) is 9.97 Å². The molecule has 19 heavy (non-hydrogen) atoms. The smallest absolute Gasteiger partial charge is 0.0708 e. The Bertz CT molecular complexity index is 769. The van der Waals surface area contributed by atoms with Gasteiger partial charge in [-0.15, -0.1) is 0 Å². The van der Waals surface area contributed by atoms with Gasteiger partial charge in [-0.2, -0.15) is 0 Å². The number of aryl methyl sites for hydroxylation is 1. The van der Waals surface area contributed by atoms with Crippen LogP contribution in [0.1, 0.15) is 9.68 Å². The second-order valence-electron chi connectivity index (χ2n) is 4.20. The van der Waals surface area contributed by atoms with Crippen LogP contribution in [0.15, 0.2) is 67.0 Å². The van der Waals surface area contributed by atoms with E-state index in [1.54, 1.807) is 24.4 Å². The standard InChI is InChI=1S/C17H14N2/c1-13-12-19-17(14-7-3-2-4-8-14)11-15(13)16-9-5-6-10-18-16/h2-12H,1H3/i1D3. The van der Waals surface area contributed by atoms with E-state index in [0.717, 1.165) is 11.3 Å². The zero-order chi connectivity index (χ0) is 15.6. The lowest BCUT2D eigenvalue weighted by molar-refractivity contribution is 1.24. The average molecular weight is 249 g/mol. The first kappa shape index (κ1) is 8.59. The maximum Gasteiger partial charge on any atom is 0.0708 e. The molecule has 0 saturated carbocycles. The molecule has 3 rings (SSSR count). The van der Waals surface area contributed by atoms with Gasteiger partial charge >= 0.3 is 0 Å². The van der Waals surface area contributed by atoms with Crippen LogP contribution in [0.4, 0.5) is 0 Å². The van der Waals surface area contributed by atoms with E-state index in [4.69, 9.17) is 4.11 Å². The summed E-state index contributed by atoms with van der Waals surface area (Å²) >= 11 is 0. The number of aromatic nitrogens is 2. The fourth-order valence-corrected chi connectivity index (χ4v) is 1.96. The van der Waals surface area contributed by atoms with Gasteiger partial charge in [-0.05, 0) is 30.6 Å². The molecule has 1 aromatic carbocycles. The third kappa shape index (κ3) is 2.38. The highest BCUT2D eigenvalue weighted by atomic mass is 14.7. The van der Waals surface area contributed by atoms with Crippen molar-refractivity contribution in [1.82, 2.24) is 9.97 Å². The zero-order valence-electron chi connectivity index (χ0n) is 13.2. The van der Waals surface area contributed by atoms with E-state index in [-0.39, 0.29) is 5.56 Å². The van der Waals surface area contributed by atoms with Crippen LogP contribution in [0.2, 0.25) is 0 Å². The van der Waals surface area contributed by atoms with Gasteiger partial charge in [0.15, 0.2) is 0 Å². The minimum absolute atomic E-state index is 0.214. The van der Waals surface area contributed by atoms with Crippen LogP contribution >= 0.6 is 0 Å². The molecular weight excluding hydrogens is 232 g/mol. The summed E-state index contributed by atoms with van der Waals surface area (Å²) in [7, 11) is 0. The Balaban J connectivity index is 2.20. The molecular formula is C17H14N2. The van der Waals surface area contributed by atoms with Crippen LogP contribution in [0, 0.1) is 6.85 Å². The third-order valence-electron chi connectivity index (χ3n) is 2.91. The van der Waals surface area contributed by atoms with E-state index < -0.39 is 6.85 Å². The number of hydrogen-bond acceptors (Lipinski definition) is 2. The Morgan fingerprint density at radius 2 is 1.74 bits per heavy atom. The quantitative estimate of drug-likeness (QED) is 0.682. The predicted molar refractivity (Wildman–Crippen MR) is 77.6 cm³/mol. The summed E-state index contributed by atoms with van der Waals surface area (Å²) in [6.45, 7) is -2.23. The van der Waals surface area contributed by atoms with E-state index in [1.165, 1.54) is 6.20 Å². The highest BCUT2D eigenvalue weighted by molar-refractivity contribution is 5.70. The number of rotatable bonds is 2. The summed E-state index contributed by atoms with van der Waals surface area (Å²) < 4.78 is 23.1. The minimum atomic E-state index is -2.23. The summed E-state index contributed by atoms with van der Waals surface area (Å²) in [4.78, 5) is 8.59. The Kier molecular flexibility index (Phi) is 2.27. The van der Waals surface area contributed by atoms with Gasteiger partial charge in [0.25, 0.3) is 0 Å². The molecule has 0 saturated heterocycles. The lowest BCUT2D eigenvalue weighted by atomic mass is 10.0. The molecule has 0 aliphatic heterocycles. The van der Waals surface area contributed by atoms with Gasteiger partial charge in [-0.1, -0.05) is 36.4 Å². The molecule has 2 nitrogen and oxygen atoms in total. The van der Waals surface area contributed by atoms with Crippen LogP contribution < -0.4 is 0 Å². The van der Waals surface area contributed by atoms with Crippen LogP contribution in [0.5, 0.6) is 0 Å². The average Bonchev–Trinajstić information content (AvgIpc) is 2.55. The Labute approximate surface area is 117 Å². The van der Waals surface area contributed by atoms with Crippen molar-refractivity contribution in [3.63, 3.8) is 0 Å². The van der Waals surface area contributed by atoms with Crippen molar-refractivity contribution in [2.45, 2.75) is 6.85 Å². The Morgan fingerprint density at radius 1 is 0.895 bits per heavy atom. The van der Waals surface area contributed by atoms with Gasteiger partial charge in [0.2, 0.25) is 0 Å². The maximum absolute atomic E-state index is 7.70. The van der Waals surface area contributed by atoms with Crippen molar-refractivity contribution < 1.29 is 4.11 Å². The second-order valence-corrected chi connectivity index (χ2v) is 4.20. The molecule has 92 valence electrons. The summed E-state index contributed by atoms with van der Waals surface area (Å²) in [6, 6.07) is 16.9. The van der Waals surface area contributed by atoms with E-state index in [9.17, 15) is 0 Å². The molecule has 2 heterocycles. The minimum Gasteiger partial charge on any atom is -0.256 e.